The van der Waals surface area contributed by atoms with Gasteiger partial charge in [-0.05, 0) is 39.7 Å². The largest absolute Gasteiger partial charge is 0.444 e. The van der Waals surface area contributed by atoms with E-state index in [1.54, 1.807) is 4.90 Å². The molecule has 24 heavy (non-hydrogen) atoms. The molecule has 1 unspecified atom stereocenters. The number of amides is 1. The summed E-state index contributed by atoms with van der Waals surface area (Å²) in [5.41, 5.74) is 0.439. The molecule has 0 radical (unpaired) electrons. The number of fused-ring (bicyclic) bond motifs is 1. The van der Waals surface area contributed by atoms with Crippen LogP contribution in [0.1, 0.15) is 33.6 Å². The number of rotatable bonds is 2. The molecular formula is C18H24N4O2. The van der Waals surface area contributed by atoms with Gasteiger partial charge in [0.25, 0.3) is 0 Å². The van der Waals surface area contributed by atoms with E-state index in [9.17, 15) is 4.79 Å². The number of piperidine rings is 1. The Hall–Kier alpha value is -2.37. The van der Waals surface area contributed by atoms with E-state index in [0.29, 0.717) is 12.5 Å². The van der Waals surface area contributed by atoms with Gasteiger partial charge in [-0.15, -0.1) is 0 Å². The second-order valence-corrected chi connectivity index (χ2v) is 7.16. The number of benzene rings is 1. The smallest absolute Gasteiger partial charge is 0.410 e. The lowest BCUT2D eigenvalue weighted by Crippen LogP contribution is -2.47. The quantitative estimate of drug-likeness (QED) is 0.914. The van der Waals surface area contributed by atoms with Gasteiger partial charge in [0.1, 0.15) is 5.60 Å². The molecule has 1 aromatic carbocycles. The van der Waals surface area contributed by atoms with Gasteiger partial charge in [-0.3, -0.25) is 0 Å². The molecular weight excluding hydrogens is 304 g/mol. The van der Waals surface area contributed by atoms with Gasteiger partial charge >= 0.3 is 6.09 Å². The first kappa shape index (κ1) is 16.5. The SMILES string of the molecule is CC(C)(C)OC(=O)N1CCCC(Nc2ncc3ccccc3n2)C1. The Morgan fingerprint density at radius 1 is 1.33 bits per heavy atom. The van der Waals surface area contributed by atoms with Crippen molar-refractivity contribution in [1.82, 2.24) is 14.9 Å². The molecule has 1 fully saturated rings. The molecule has 6 heteroatoms. The Morgan fingerprint density at radius 3 is 2.92 bits per heavy atom. The predicted octanol–water partition coefficient (Wildman–Crippen LogP) is 3.44. The summed E-state index contributed by atoms with van der Waals surface area (Å²) >= 11 is 0. The molecule has 1 atom stereocenters. The van der Waals surface area contributed by atoms with Crippen LogP contribution in [0.2, 0.25) is 0 Å². The summed E-state index contributed by atoms with van der Waals surface area (Å²) in [4.78, 5) is 22.9. The van der Waals surface area contributed by atoms with Crippen molar-refractivity contribution >= 4 is 22.9 Å². The number of nitrogens with zero attached hydrogens (tertiary/aromatic N) is 3. The summed E-state index contributed by atoms with van der Waals surface area (Å²) in [5, 5.41) is 4.36. The maximum Gasteiger partial charge on any atom is 0.410 e. The second-order valence-electron chi connectivity index (χ2n) is 7.16. The molecule has 2 aromatic rings. The van der Waals surface area contributed by atoms with Crippen LogP contribution in [0.5, 0.6) is 0 Å². The van der Waals surface area contributed by atoms with Crippen LogP contribution in [-0.2, 0) is 4.74 Å². The van der Waals surface area contributed by atoms with E-state index < -0.39 is 5.60 Å². The first-order valence-corrected chi connectivity index (χ1v) is 8.37. The average Bonchev–Trinajstić information content (AvgIpc) is 2.53. The summed E-state index contributed by atoms with van der Waals surface area (Å²) in [6, 6.07) is 8.02. The van der Waals surface area contributed by atoms with Crippen LogP contribution in [0, 0.1) is 0 Å². The molecule has 1 N–H and O–H groups in total. The first-order valence-electron chi connectivity index (χ1n) is 8.37. The van der Waals surface area contributed by atoms with E-state index in [0.717, 1.165) is 30.3 Å². The van der Waals surface area contributed by atoms with Crippen molar-refractivity contribution in [3.63, 3.8) is 0 Å². The topological polar surface area (TPSA) is 67.3 Å². The fourth-order valence-corrected chi connectivity index (χ4v) is 2.81. The summed E-state index contributed by atoms with van der Waals surface area (Å²) in [6.45, 7) is 6.98. The van der Waals surface area contributed by atoms with Gasteiger partial charge in [-0.2, -0.15) is 0 Å². The average molecular weight is 328 g/mol. The van der Waals surface area contributed by atoms with E-state index in [-0.39, 0.29) is 12.1 Å². The number of hydrogen-bond acceptors (Lipinski definition) is 5. The summed E-state index contributed by atoms with van der Waals surface area (Å²) in [5.74, 6) is 0.602. The van der Waals surface area contributed by atoms with Crippen LogP contribution in [0.4, 0.5) is 10.7 Å². The molecule has 128 valence electrons. The summed E-state index contributed by atoms with van der Waals surface area (Å²) in [6.07, 6.45) is 3.48. The fraction of sp³-hybridized carbons (Fsp3) is 0.500. The molecule has 1 aliphatic heterocycles. The highest BCUT2D eigenvalue weighted by Crippen LogP contribution is 2.18. The Labute approximate surface area is 142 Å². The van der Waals surface area contributed by atoms with Gasteiger partial charge in [0.15, 0.2) is 0 Å². The Kier molecular flexibility index (Phi) is 4.55. The number of carbonyl (C=O) groups is 1. The number of likely N-dealkylation sites (tertiary alicyclic amines) is 1. The van der Waals surface area contributed by atoms with Crippen LogP contribution < -0.4 is 5.32 Å². The highest BCUT2D eigenvalue weighted by Gasteiger charge is 2.27. The van der Waals surface area contributed by atoms with Gasteiger partial charge < -0.3 is 15.0 Å². The Morgan fingerprint density at radius 2 is 2.12 bits per heavy atom. The lowest BCUT2D eigenvalue weighted by atomic mass is 10.1. The van der Waals surface area contributed by atoms with E-state index in [1.165, 1.54) is 0 Å². The van der Waals surface area contributed by atoms with Crippen LogP contribution in [-0.4, -0.2) is 45.7 Å². The minimum atomic E-state index is -0.473. The molecule has 0 bridgehead atoms. The highest BCUT2D eigenvalue weighted by atomic mass is 16.6. The zero-order chi connectivity index (χ0) is 17.2. The van der Waals surface area contributed by atoms with Gasteiger partial charge in [0.05, 0.1) is 5.52 Å². The Bertz CT molecular complexity index is 726. The third kappa shape index (κ3) is 4.13. The maximum atomic E-state index is 12.2. The molecule has 6 nitrogen and oxygen atoms in total. The van der Waals surface area contributed by atoms with Crippen molar-refractivity contribution in [3.05, 3.63) is 30.5 Å². The van der Waals surface area contributed by atoms with Crippen molar-refractivity contribution in [2.24, 2.45) is 0 Å². The number of hydrogen-bond donors (Lipinski definition) is 1. The molecule has 1 aromatic heterocycles. The van der Waals surface area contributed by atoms with E-state index in [2.05, 4.69) is 15.3 Å². The molecule has 2 heterocycles. The van der Waals surface area contributed by atoms with Crippen molar-refractivity contribution in [2.75, 3.05) is 18.4 Å². The predicted molar refractivity (Wildman–Crippen MR) is 94.0 cm³/mol. The zero-order valence-corrected chi connectivity index (χ0v) is 14.5. The molecule has 1 amide bonds. The van der Waals surface area contributed by atoms with Crippen LogP contribution >= 0.6 is 0 Å². The van der Waals surface area contributed by atoms with Gasteiger partial charge in [-0.25, -0.2) is 14.8 Å². The summed E-state index contributed by atoms with van der Waals surface area (Å²) < 4.78 is 5.46. The fourth-order valence-electron chi connectivity index (χ4n) is 2.81. The van der Waals surface area contributed by atoms with Gasteiger partial charge in [0.2, 0.25) is 5.95 Å². The van der Waals surface area contributed by atoms with Crippen molar-refractivity contribution in [2.45, 2.75) is 45.3 Å². The van der Waals surface area contributed by atoms with E-state index in [1.807, 2.05) is 51.2 Å². The standard InChI is InChI=1S/C18H24N4O2/c1-18(2,3)24-17(23)22-10-6-8-14(12-22)20-16-19-11-13-7-4-5-9-15(13)21-16/h4-5,7,9,11,14H,6,8,10,12H2,1-3H3,(H,19,20,21). The first-order chi connectivity index (χ1) is 11.4. The van der Waals surface area contributed by atoms with Crippen molar-refractivity contribution in [1.29, 1.82) is 0 Å². The lowest BCUT2D eigenvalue weighted by molar-refractivity contribution is 0.0206. The second kappa shape index (κ2) is 6.63. The van der Waals surface area contributed by atoms with Gasteiger partial charge in [-0.1, -0.05) is 18.2 Å². The van der Waals surface area contributed by atoms with Crippen LogP contribution in [0.25, 0.3) is 10.9 Å². The molecule has 0 saturated carbocycles. The minimum Gasteiger partial charge on any atom is -0.444 e. The van der Waals surface area contributed by atoms with Crippen molar-refractivity contribution < 1.29 is 9.53 Å². The monoisotopic (exact) mass is 328 g/mol. The Balaban J connectivity index is 1.65. The van der Waals surface area contributed by atoms with Crippen LogP contribution in [0.3, 0.4) is 0 Å². The zero-order valence-electron chi connectivity index (χ0n) is 14.5. The molecule has 0 spiro atoms. The van der Waals surface area contributed by atoms with E-state index in [4.69, 9.17) is 4.74 Å². The van der Waals surface area contributed by atoms with Gasteiger partial charge in [0, 0.05) is 30.7 Å². The maximum absolute atomic E-state index is 12.2. The normalized spacial score (nSPS) is 18.5. The van der Waals surface area contributed by atoms with Crippen molar-refractivity contribution in [3.8, 4) is 0 Å². The summed E-state index contributed by atoms with van der Waals surface area (Å²) in [7, 11) is 0. The number of nitrogens with one attached hydrogen (secondary N) is 1. The third-order valence-corrected chi connectivity index (χ3v) is 3.90. The molecule has 0 aliphatic carbocycles. The molecule has 1 aliphatic rings. The number of aromatic nitrogens is 2. The molecule has 1 saturated heterocycles. The number of para-hydroxylation sites is 1. The van der Waals surface area contributed by atoms with E-state index >= 15 is 0 Å². The number of ether oxygens (including phenoxy) is 1. The van der Waals surface area contributed by atoms with Crippen LogP contribution in [0.15, 0.2) is 30.5 Å². The lowest BCUT2D eigenvalue weighted by Gasteiger charge is -2.34. The third-order valence-electron chi connectivity index (χ3n) is 3.90. The number of anilines is 1. The highest BCUT2D eigenvalue weighted by molar-refractivity contribution is 5.78. The number of carbonyl (C=O) groups excluding carboxylic acids is 1. The minimum absolute atomic E-state index is 0.132. The molecule has 3 rings (SSSR count).